The van der Waals surface area contributed by atoms with Gasteiger partial charge >= 0.3 is 0 Å². The molecule has 0 unspecified atom stereocenters. The number of carbonyl (C=O) groups excluding carboxylic acids is 3. The second kappa shape index (κ2) is 14.0. The predicted molar refractivity (Wildman–Crippen MR) is 79.3 cm³/mol. The van der Waals surface area contributed by atoms with E-state index in [4.69, 9.17) is 0 Å². The summed E-state index contributed by atoms with van der Waals surface area (Å²) in [5.74, 6) is -0.0520. The van der Waals surface area contributed by atoms with E-state index in [1.54, 1.807) is 0 Å². The van der Waals surface area contributed by atoms with Crippen LogP contribution in [0.25, 0.3) is 0 Å². The molecule has 0 spiro atoms. The molecule has 0 rings (SSSR count). The third-order valence-electron chi connectivity index (χ3n) is 3.13. The molecule has 0 aliphatic rings. The summed E-state index contributed by atoms with van der Waals surface area (Å²) in [4.78, 5) is 33.9. The van der Waals surface area contributed by atoms with Gasteiger partial charge in [-0.05, 0) is 19.3 Å². The van der Waals surface area contributed by atoms with Crippen LogP contribution in [-0.2, 0) is 14.4 Å². The Morgan fingerprint density at radius 1 is 1.05 bits per heavy atom. The second-order valence-corrected chi connectivity index (χ2v) is 4.96. The molecule has 0 heterocycles. The Hall–Kier alpha value is -1.39. The van der Waals surface area contributed by atoms with Crippen molar-refractivity contribution >= 4 is 18.6 Å². The van der Waals surface area contributed by atoms with Gasteiger partial charge in [-0.15, -0.1) is 0 Å². The highest BCUT2D eigenvalue weighted by atomic mass is 16.2. The maximum absolute atomic E-state index is 11.2. The van der Waals surface area contributed by atoms with Crippen LogP contribution in [0.3, 0.4) is 0 Å². The van der Waals surface area contributed by atoms with Crippen molar-refractivity contribution in [3.05, 3.63) is 0 Å². The highest BCUT2D eigenvalue weighted by Gasteiger charge is 2.01. The van der Waals surface area contributed by atoms with Crippen molar-refractivity contribution in [2.24, 2.45) is 0 Å². The first-order chi connectivity index (χ1) is 9.74. The van der Waals surface area contributed by atoms with Gasteiger partial charge in [-0.25, -0.2) is 0 Å². The molecule has 0 aliphatic carbocycles. The van der Waals surface area contributed by atoms with E-state index in [1.807, 2.05) is 4.90 Å². The average molecular weight is 284 g/mol. The molecule has 5 nitrogen and oxygen atoms in total. The molecule has 2 amide bonds. The van der Waals surface area contributed by atoms with Gasteiger partial charge in [0.05, 0.1) is 0 Å². The second-order valence-electron chi connectivity index (χ2n) is 4.96. The van der Waals surface area contributed by atoms with Gasteiger partial charge in [-0.2, -0.15) is 0 Å². The lowest BCUT2D eigenvalue weighted by Crippen LogP contribution is -2.25. The van der Waals surface area contributed by atoms with Gasteiger partial charge in [0, 0.05) is 32.5 Å². The minimum absolute atomic E-state index is 0.0520. The van der Waals surface area contributed by atoms with Crippen LogP contribution in [0, 0.1) is 0 Å². The SMILES string of the molecule is CCCCN(C=O)CCCCCCNC(=O)CCC=O. The number of hydrogen-bond acceptors (Lipinski definition) is 3. The third-order valence-corrected chi connectivity index (χ3v) is 3.13. The molecule has 0 saturated heterocycles. The number of amides is 2. The number of rotatable bonds is 14. The molecule has 0 aromatic rings. The van der Waals surface area contributed by atoms with Crippen LogP contribution >= 0.6 is 0 Å². The summed E-state index contributed by atoms with van der Waals surface area (Å²) >= 11 is 0. The van der Waals surface area contributed by atoms with Crippen molar-refractivity contribution in [1.29, 1.82) is 0 Å². The average Bonchev–Trinajstić information content (AvgIpc) is 2.47. The van der Waals surface area contributed by atoms with E-state index in [1.165, 1.54) is 0 Å². The molecule has 1 N–H and O–H groups in total. The monoisotopic (exact) mass is 284 g/mol. The van der Waals surface area contributed by atoms with Gasteiger partial charge in [0.2, 0.25) is 12.3 Å². The minimum Gasteiger partial charge on any atom is -0.356 e. The van der Waals surface area contributed by atoms with Crippen molar-refractivity contribution in [3.63, 3.8) is 0 Å². The van der Waals surface area contributed by atoms with Gasteiger partial charge in [0.15, 0.2) is 0 Å². The molecule has 116 valence electrons. The summed E-state index contributed by atoms with van der Waals surface area (Å²) in [6, 6.07) is 0. The van der Waals surface area contributed by atoms with Crippen LogP contribution in [0.5, 0.6) is 0 Å². The summed E-state index contributed by atoms with van der Waals surface area (Å²) < 4.78 is 0. The van der Waals surface area contributed by atoms with Crippen LogP contribution in [0.2, 0.25) is 0 Å². The molecule has 0 saturated carbocycles. The smallest absolute Gasteiger partial charge is 0.220 e. The number of carbonyl (C=O) groups is 3. The summed E-state index contributed by atoms with van der Waals surface area (Å²) in [5, 5.41) is 2.79. The molecular weight excluding hydrogens is 256 g/mol. The number of nitrogens with zero attached hydrogens (tertiary/aromatic N) is 1. The molecule has 20 heavy (non-hydrogen) atoms. The van der Waals surface area contributed by atoms with Crippen molar-refractivity contribution < 1.29 is 14.4 Å². The topological polar surface area (TPSA) is 66.5 Å². The van der Waals surface area contributed by atoms with Gasteiger partial charge in [0.1, 0.15) is 6.29 Å². The van der Waals surface area contributed by atoms with Crippen LogP contribution in [-0.4, -0.2) is 43.1 Å². The Morgan fingerprint density at radius 2 is 1.75 bits per heavy atom. The van der Waals surface area contributed by atoms with Crippen LogP contribution in [0.4, 0.5) is 0 Å². The van der Waals surface area contributed by atoms with Crippen molar-refractivity contribution in [3.8, 4) is 0 Å². The summed E-state index contributed by atoms with van der Waals surface area (Å²) in [5.41, 5.74) is 0. The summed E-state index contributed by atoms with van der Waals surface area (Å²) in [6.07, 6.45) is 8.53. The number of aldehydes is 1. The van der Waals surface area contributed by atoms with Gasteiger partial charge in [0.25, 0.3) is 0 Å². The molecule has 0 aromatic heterocycles. The third kappa shape index (κ3) is 11.7. The predicted octanol–water partition coefficient (Wildman–Crippen LogP) is 1.90. The first kappa shape index (κ1) is 18.6. The van der Waals surface area contributed by atoms with Crippen LogP contribution in [0.15, 0.2) is 0 Å². The Bertz CT molecular complexity index is 270. The molecule has 0 aromatic carbocycles. The van der Waals surface area contributed by atoms with E-state index in [0.29, 0.717) is 13.0 Å². The first-order valence-corrected chi connectivity index (χ1v) is 7.64. The lowest BCUT2D eigenvalue weighted by Gasteiger charge is -2.16. The molecule has 0 fully saturated rings. The summed E-state index contributed by atoms with van der Waals surface area (Å²) in [7, 11) is 0. The quantitative estimate of drug-likeness (QED) is 0.391. The fourth-order valence-electron chi connectivity index (χ4n) is 1.88. The lowest BCUT2D eigenvalue weighted by molar-refractivity contribution is -0.122. The number of nitrogens with one attached hydrogen (secondary N) is 1. The van der Waals surface area contributed by atoms with E-state index < -0.39 is 0 Å². The van der Waals surface area contributed by atoms with E-state index in [9.17, 15) is 14.4 Å². The maximum Gasteiger partial charge on any atom is 0.220 e. The normalized spacial score (nSPS) is 10.1. The van der Waals surface area contributed by atoms with Gasteiger partial charge < -0.3 is 15.0 Å². The van der Waals surface area contributed by atoms with Crippen LogP contribution in [0.1, 0.15) is 58.3 Å². The molecule has 0 atom stereocenters. The molecule has 0 radical (unpaired) electrons. The van der Waals surface area contributed by atoms with E-state index in [0.717, 1.165) is 64.3 Å². The van der Waals surface area contributed by atoms with Crippen LogP contribution < -0.4 is 5.32 Å². The molecular formula is C15H28N2O3. The Kier molecular flexibility index (Phi) is 13.1. The maximum atomic E-state index is 11.2. The van der Waals surface area contributed by atoms with E-state index in [2.05, 4.69) is 12.2 Å². The van der Waals surface area contributed by atoms with Crippen molar-refractivity contribution in [2.75, 3.05) is 19.6 Å². The zero-order valence-electron chi connectivity index (χ0n) is 12.6. The first-order valence-electron chi connectivity index (χ1n) is 7.64. The fraction of sp³-hybridized carbons (Fsp3) is 0.800. The summed E-state index contributed by atoms with van der Waals surface area (Å²) in [6.45, 7) is 4.47. The Balaban J connectivity index is 3.36. The zero-order chi connectivity index (χ0) is 15.1. The van der Waals surface area contributed by atoms with Crippen molar-refractivity contribution in [2.45, 2.75) is 58.3 Å². The number of hydrogen-bond donors (Lipinski definition) is 1. The minimum atomic E-state index is -0.0520. The number of unbranched alkanes of at least 4 members (excludes halogenated alkanes) is 4. The molecule has 0 bridgehead atoms. The zero-order valence-corrected chi connectivity index (χ0v) is 12.6. The van der Waals surface area contributed by atoms with Gasteiger partial charge in [-0.3, -0.25) is 9.59 Å². The highest BCUT2D eigenvalue weighted by Crippen LogP contribution is 2.02. The lowest BCUT2D eigenvalue weighted by atomic mass is 10.2. The Labute approximate surface area is 122 Å². The van der Waals surface area contributed by atoms with E-state index in [-0.39, 0.29) is 12.3 Å². The largest absolute Gasteiger partial charge is 0.356 e. The highest BCUT2D eigenvalue weighted by molar-refractivity contribution is 5.77. The van der Waals surface area contributed by atoms with Gasteiger partial charge in [-0.1, -0.05) is 26.2 Å². The Morgan fingerprint density at radius 3 is 2.40 bits per heavy atom. The molecule has 5 heteroatoms. The molecule has 0 aliphatic heterocycles. The van der Waals surface area contributed by atoms with Crippen molar-refractivity contribution in [1.82, 2.24) is 10.2 Å². The fourth-order valence-corrected chi connectivity index (χ4v) is 1.88. The van der Waals surface area contributed by atoms with E-state index >= 15 is 0 Å². The standard InChI is InChI=1S/C15H28N2O3/c1-2-3-11-17(14-19)12-7-5-4-6-10-16-15(20)9-8-13-18/h13-14H,2-12H2,1H3,(H,16,20).